The predicted octanol–water partition coefficient (Wildman–Crippen LogP) is 7.64. The lowest BCUT2D eigenvalue weighted by Gasteiger charge is -2.59. The van der Waals surface area contributed by atoms with Crippen LogP contribution in [-0.2, 0) is 12.8 Å². The molecule has 2 aromatic rings. The van der Waals surface area contributed by atoms with Crippen molar-refractivity contribution in [3.8, 4) is 22.6 Å². The summed E-state index contributed by atoms with van der Waals surface area (Å²) in [7, 11) is 0. The van der Waals surface area contributed by atoms with E-state index >= 15 is 0 Å². The minimum atomic E-state index is -0.298. The molecule has 3 nitrogen and oxygen atoms in total. The van der Waals surface area contributed by atoms with Crippen LogP contribution in [0.4, 0.5) is 0 Å². The second kappa shape index (κ2) is 9.10. The molecule has 0 aliphatic heterocycles. The van der Waals surface area contributed by atoms with Crippen molar-refractivity contribution >= 4 is 0 Å². The Morgan fingerprint density at radius 1 is 0.917 bits per heavy atom. The lowest BCUT2D eigenvalue weighted by Crippen LogP contribution is -2.60. The number of ether oxygens (including phenoxy) is 1. The summed E-state index contributed by atoms with van der Waals surface area (Å²) in [6.45, 7) is 14.9. The van der Waals surface area contributed by atoms with Crippen molar-refractivity contribution in [1.82, 2.24) is 0 Å². The minimum Gasteiger partial charge on any atom is -0.507 e. The predicted molar refractivity (Wildman–Crippen MR) is 147 cm³/mol. The Kier molecular flexibility index (Phi) is 6.35. The summed E-state index contributed by atoms with van der Waals surface area (Å²) in [5, 5.41) is 22.0. The van der Waals surface area contributed by atoms with Crippen LogP contribution in [0, 0.1) is 22.7 Å². The number of phenols is 1. The number of hydrogen-bond donors (Lipinski definition) is 2. The summed E-state index contributed by atoms with van der Waals surface area (Å²) < 4.78 is 7.24. The Morgan fingerprint density at radius 3 is 2.25 bits per heavy atom. The molecule has 0 radical (unpaired) electrons. The largest absolute Gasteiger partial charge is 0.507 e. The molecule has 2 N–H and O–H groups in total. The third-order valence-electron chi connectivity index (χ3n) is 9.75. The van der Waals surface area contributed by atoms with Gasteiger partial charge in [-0.3, -0.25) is 0 Å². The van der Waals surface area contributed by atoms with Gasteiger partial charge in [-0.1, -0.05) is 45.1 Å². The van der Waals surface area contributed by atoms with E-state index in [0.29, 0.717) is 17.3 Å². The summed E-state index contributed by atoms with van der Waals surface area (Å²) in [5.41, 5.74) is 3.87. The van der Waals surface area contributed by atoms with Gasteiger partial charge in [-0.05, 0) is 104 Å². The highest BCUT2D eigenvalue weighted by Gasteiger charge is 2.63. The summed E-state index contributed by atoms with van der Waals surface area (Å²) in [6, 6.07) is 12.2. The highest BCUT2D eigenvalue weighted by Crippen LogP contribution is 2.66. The Bertz CT molecular complexity index is 1160. The normalized spacial score (nSPS) is 32.5. The number of aromatic hydroxyl groups is 1. The van der Waals surface area contributed by atoms with Gasteiger partial charge < -0.3 is 14.9 Å². The maximum absolute atomic E-state index is 11.0. The third kappa shape index (κ3) is 4.20. The molecule has 5 atom stereocenters. The molecule has 2 bridgehead atoms. The lowest BCUT2D eigenvalue weighted by atomic mass is 9.49. The topological polar surface area (TPSA) is 49.7 Å². The first-order valence-electron chi connectivity index (χ1n) is 13.6. The first-order chi connectivity index (χ1) is 17.1. The van der Waals surface area contributed by atoms with E-state index in [2.05, 4.69) is 58.2 Å². The van der Waals surface area contributed by atoms with Crippen LogP contribution < -0.4 is 4.74 Å². The summed E-state index contributed by atoms with van der Waals surface area (Å²) in [6.07, 6.45) is 10.9. The molecule has 3 saturated carbocycles. The summed E-state index contributed by atoms with van der Waals surface area (Å²) in [5.74, 6) is 2.19. The average molecular weight is 487 g/mol. The second-order valence-corrected chi connectivity index (χ2v) is 12.7. The molecule has 0 saturated heterocycles. The monoisotopic (exact) mass is 486 g/mol. The van der Waals surface area contributed by atoms with Gasteiger partial charge in [0, 0.05) is 17.0 Å². The van der Waals surface area contributed by atoms with Gasteiger partial charge in [-0.15, -0.1) is 13.2 Å². The summed E-state index contributed by atoms with van der Waals surface area (Å²) in [4.78, 5) is 0. The van der Waals surface area contributed by atoms with Crippen molar-refractivity contribution in [2.75, 3.05) is 0 Å². The molecule has 3 heteroatoms. The number of allylic oxidation sites excluding steroid dienone is 2. The van der Waals surface area contributed by atoms with Crippen LogP contribution >= 0.6 is 0 Å². The van der Waals surface area contributed by atoms with Crippen molar-refractivity contribution in [2.45, 2.75) is 83.8 Å². The van der Waals surface area contributed by atoms with E-state index in [1.807, 2.05) is 18.2 Å². The van der Waals surface area contributed by atoms with Crippen LogP contribution in [0.2, 0.25) is 0 Å². The molecular formula is C33H42O3. The van der Waals surface area contributed by atoms with Gasteiger partial charge >= 0.3 is 0 Å². The van der Waals surface area contributed by atoms with E-state index in [9.17, 15) is 10.2 Å². The molecule has 5 rings (SSSR count). The highest BCUT2D eigenvalue weighted by atomic mass is 16.5. The van der Waals surface area contributed by atoms with E-state index in [0.717, 1.165) is 79.4 Å². The molecule has 0 amide bonds. The number of aliphatic hydroxyl groups is 1. The van der Waals surface area contributed by atoms with E-state index in [4.69, 9.17) is 4.74 Å². The van der Waals surface area contributed by atoms with E-state index in [1.165, 1.54) is 0 Å². The zero-order chi connectivity index (χ0) is 25.7. The molecule has 5 unspecified atom stereocenters. The average Bonchev–Trinajstić information content (AvgIpc) is 2.91. The fourth-order valence-corrected chi connectivity index (χ4v) is 7.71. The SMILES string of the molecule is C=CCc1ccc(O)c(-c2cc(CC=C)ccc2OC23CCC(O)C(C)(CCC4C2CC4(C)C)C3)c1. The molecule has 0 spiro atoms. The smallest absolute Gasteiger partial charge is 0.128 e. The molecule has 0 aromatic heterocycles. The molecule has 36 heavy (non-hydrogen) atoms. The number of hydrogen-bond acceptors (Lipinski definition) is 3. The van der Waals surface area contributed by atoms with Crippen molar-refractivity contribution in [1.29, 1.82) is 0 Å². The quantitative estimate of drug-likeness (QED) is 0.395. The molecule has 192 valence electrons. The van der Waals surface area contributed by atoms with E-state index in [1.54, 1.807) is 6.07 Å². The van der Waals surface area contributed by atoms with E-state index < -0.39 is 0 Å². The maximum atomic E-state index is 11.0. The van der Waals surface area contributed by atoms with Gasteiger partial charge in [0.15, 0.2) is 0 Å². The van der Waals surface area contributed by atoms with Crippen LogP contribution in [0.1, 0.15) is 70.4 Å². The Hall–Kier alpha value is -2.52. The highest BCUT2D eigenvalue weighted by molar-refractivity contribution is 5.77. The van der Waals surface area contributed by atoms with Crippen LogP contribution in [0.5, 0.6) is 11.5 Å². The van der Waals surface area contributed by atoms with Crippen LogP contribution in [-0.4, -0.2) is 21.9 Å². The molecule has 0 heterocycles. The minimum absolute atomic E-state index is 0.124. The Morgan fingerprint density at radius 2 is 1.58 bits per heavy atom. The number of fused-ring (bicyclic) bond motifs is 4. The van der Waals surface area contributed by atoms with Gasteiger partial charge in [0.1, 0.15) is 17.1 Å². The second-order valence-electron chi connectivity index (χ2n) is 12.7. The molecule has 3 fully saturated rings. The number of benzene rings is 2. The molecular weight excluding hydrogens is 444 g/mol. The number of aliphatic hydroxyl groups excluding tert-OH is 1. The Labute approximate surface area is 216 Å². The van der Waals surface area contributed by atoms with E-state index in [-0.39, 0.29) is 22.9 Å². The van der Waals surface area contributed by atoms with Crippen molar-refractivity contribution in [3.63, 3.8) is 0 Å². The van der Waals surface area contributed by atoms with Crippen LogP contribution in [0.3, 0.4) is 0 Å². The lowest BCUT2D eigenvalue weighted by molar-refractivity contribution is -0.162. The van der Waals surface area contributed by atoms with Crippen molar-refractivity contribution < 1.29 is 14.9 Å². The van der Waals surface area contributed by atoms with Crippen LogP contribution in [0.25, 0.3) is 11.1 Å². The Balaban J connectivity index is 1.61. The maximum Gasteiger partial charge on any atom is 0.128 e. The zero-order valence-corrected chi connectivity index (χ0v) is 22.2. The van der Waals surface area contributed by atoms with Gasteiger partial charge in [-0.25, -0.2) is 0 Å². The number of rotatable bonds is 7. The first kappa shape index (κ1) is 25.1. The zero-order valence-electron chi connectivity index (χ0n) is 22.2. The molecule has 3 aliphatic carbocycles. The fourth-order valence-electron chi connectivity index (χ4n) is 7.71. The molecule has 2 aromatic carbocycles. The van der Waals surface area contributed by atoms with Crippen molar-refractivity contribution in [2.24, 2.45) is 22.7 Å². The van der Waals surface area contributed by atoms with Gasteiger partial charge in [-0.2, -0.15) is 0 Å². The van der Waals surface area contributed by atoms with Gasteiger partial charge in [0.25, 0.3) is 0 Å². The van der Waals surface area contributed by atoms with Crippen molar-refractivity contribution in [3.05, 3.63) is 72.8 Å². The standard InChI is InChI=1S/C33H42O3/c1-6-8-22-10-12-28(34)24(18-22)25-19-23(9-7-2)11-13-29(25)36-33-17-15-30(35)32(5,21-33)16-14-26-27(33)20-31(26,3)4/h6-7,10-13,18-19,26-27,30,34-35H,1-2,8-9,14-17,20-21H2,3-5H3. The third-order valence-corrected chi connectivity index (χ3v) is 9.75. The summed E-state index contributed by atoms with van der Waals surface area (Å²) >= 11 is 0. The first-order valence-corrected chi connectivity index (χ1v) is 13.6. The van der Waals surface area contributed by atoms with Gasteiger partial charge in [0.05, 0.1) is 6.10 Å². The fraction of sp³-hybridized carbons (Fsp3) is 0.515. The van der Waals surface area contributed by atoms with Crippen LogP contribution in [0.15, 0.2) is 61.7 Å². The number of phenolic OH excluding ortho intramolecular Hbond substituents is 1. The van der Waals surface area contributed by atoms with Gasteiger partial charge in [0.2, 0.25) is 0 Å². The molecule has 3 aliphatic rings.